The van der Waals surface area contributed by atoms with Crippen LogP contribution < -0.4 is 5.73 Å². The van der Waals surface area contributed by atoms with Crippen molar-refractivity contribution in [1.29, 1.82) is 0 Å². The van der Waals surface area contributed by atoms with E-state index in [1.54, 1.807) is 6.07 Å². The summed E-state index contributed by atoms with van der Waals surface area (Å²) in [5.74, 6) is -0.989. The van der Waals surface area contributed by atoms with Crippen LogP contribution in [-0.2, 0) is 20.4 Å². The first-order chi connectivity index (χ1) is 10.7. The van der Waals surface area contributed by atoms with Crippen molar-refractivity contribution in [3.8, 4) is 0 Å². The van der Waals surface area contributed by atoms with Gasteiger partial charge in [-0.05, 0) is 37.0 Å². The molecular weight excluding hydrogens is 321 g/mol. The molecule has 0 spiro atoms. The van der Waals surface area contributed by atoms with Gasteiger partial charge in [-0.1, -0.05) is 12.1 Å². The molecule has 1 saturated heterocycles. The smallest absolute Gasteiger partial charge is 0.281 e. The van der Waals surface area contributed by atoms with Crippen molar-refractivity contribution in [2.45, 2.75) is 24.7 Å². The Labute approximate surface area is 136 Å². The molecule has 1 aliphatic rings. The third-order valence-electron chi connectivity index (χ3n) is 4.44. The van der Waals surface area contributed by atoms with Gasteiger partial charge in [-0.3, -0.25) is 4.79 Å². The molecule has 8 heteroatoms. The molecule has 1 fully saturated rings. The maximum atomic E-state index is 13.6. The summed E-state index contributed by atoms with van der Waals surface area (Å²) < 4.78 is 40.6. The minimum Gasteiger partial charge on any atom is -0.369 e. The fraction of sp³-hybridized carbons (Fsp3) is 0.533. The molecule has 1 amide bonds. The second-order valence-electron chi connectivity index (χ2n) is 6.00. The minimum atomic E-state index is -3.55. The van der Waals surface area contributed by atoms with Gasteiger partial charge in [0.05, 0.1) is 5.41 Å². The summed E-state index contributed by atoms with van der Waals surface area (Å²) in [6.45, 7) is 0.477. The lowest BCUT2D eigenvalue weighted by atomic mass is 9.74. The van der Waals surface area contributed by atoms with Gasteiger partial charge < -0.3 is 5.73 Å². The lowest BCUT2D eigenvalue weighted by Crippen LogP contribution is -2.44. The van der Waals surface area contributed by atoms with E-state index in [1.807, 2.05) is 0 Å². The van der Waals surface area contributed by atoms with Crippen LogP contribution in [0.3, 0.4) is 0 Å². The van der Waals surface area contributed by atoms with Gasteiger partial charge in [0.1, 0.15) is 5.82 Å². The molecule has 0 radical (unpaired) electrons. The van der Waals surface area contributed by atoms with E-state index in [9.17, 15) is 17.6 Å². The Hall–Kier alpha value is -1.51. The van der Waals surface area contributed by atoms with Crippen molar-refractivity contribution in [2.24, 2.45) is 5.73 Å². The van der Waals surface area contributed by atoms with Gasteiger partial charge in [0, 0.05) is 27.2 Å². The summed E-state index contributed by atoms with van der Waals surface area (Å²) >= 11 is 0. The number of primary amides is 1. The number of halogens is 1. The second-order valence-corrected chi connectivity index (χ2v) is 8.14. The molecule has 1 aliphatic heterocycles. The summed E-state index contributed by atoms with van der Waals surface area (Å²) in [6, 6.07) is 5.82. The average molecular weight is 343 g/mol. The van der Waals surface area contributed by atoms with Gasteiger partial charge in [-0.2, -0.15) is 17.0 Å². The molecular formula is C15H22FN3O3S. The Morgan fingerprint density at radius 2 is 2.00 bits per heavy atom. The minimum absolute atomic E-state index is 0.167. The number of carbonyl (C=O) groups excluding carboxylic acids is 1. The first-order valence-electron chi connectivity index (χ1n) is 7.44. The fourth-order valence-electron chi connectivity index (χ4n) is 3.03. The van der Waals surface area contributed by atoms with Crippen molar-refractivity contribution in [3.63, 3.8) is 0 Å². The lowest BCUT2D eigenvalue weighted by molar-refractivity contribution is -0.124. The first kappa shape index (κ1) is 17.8. The summed E-state index contributed by atoms with van der Waals surface area (Å²) in [7, 11) is -0.616. The third-order valence-corrected chi connectivity index (χ3v) is 6.38. The number of carbonyl (C=O) groups is 1. The average Bonchev–Trinajstić information content (AvgIpc) is 2.71. The van der Waals surface area contributed by atoms with Gasteiger partial charge in [0.15, 0.2) is 0 Å². The highest BCUT2D eigenvalue weighted by Gasteiger charge is 2.42. The Bertz CT molecular complexity index is 693. The first-order valence-corrected chi connectivity index (χ1v) is 8.83. The Balaban J connectivity index is 2.36. The molecule has 1 aromatic carbocycles. The Morgan fingerprint density at radius 3 is 2.57 bits per heavy atom. The number of nitrogens with zero attached hydrogens (tertiary/aromatic N) is 2. The molecule has 0 aliphatic carbocycles. The molecule has 0 bridgehead atoms. The van der Waals surface area contributed by atoms with E-state index in [1.165, 1.54) is 36.6 Å². The van der Waals surface area contributed by atoms with E-state index in [0.29, 0.717) is 24.9 Å². The zero-order chi connectivity index (χ0) is 17.3. The van der Waals surface area contributed by atoms with Crippen LogP contribution in [0.2, 0.25) is 0 Å². The van der Waals surface area contributed by atoms with E-state index < -0.39 is 27.3 Å². The summed E-state index contributed by atoms with van der Waals surface area (Å²) in [6.07, 6.45) is 1.11. The van der Waals surface area contributed by atoms with Crippen LogP contribution in [0, 0.1) is 5.82 Å². The molecule has 6 nitrogen and oxygen atoms in total. The van der Waals surface area contributed by atoms with Gasteiger partial charge in [0.25, 0.3) is 10.2 Å². The topological polar surface area (TPSA) is 83.7 Å². The molecule has 128 valence electrons. The highest BCUT2D eigenvalue weighted by atomic mass is 32.2. The van der Waals surface area contributed by atoms with Gasteiger partial charge in [-0.15, -0.1) is 0 Å². The summed E-state index contributed by atoms with van der Waals surface area (Å²) in [5, 5.41) is 0. The van der Waals surface area contributed by atoms with E-state index >= 15 is 0 Å². The van der Waals surface area contributed by atoms with Crippen molar-refractivity contribution in [1.82, 2.24) is 8.61 Å². The van der Waals surface area contributed by atoms with E-state index in [2.05, 4.69) is 0 Å². The van der Waals surface area contributed by atoms with Gasteiger partial charge in [0.2, 0.25) is 5.91 Å². The molecule has 1 atom stereocenters. The van der Waals surface area contributed by atoms with Gasteiger partial charge >= 0.3 is 0 Å². The van der Waals surface area contributed by atoms with E-state index in [0.717, 1.165) is 4.31 Å². The number of hydrogen-bond donors (Lipinski definition) is 1. The maximum Gasteiger partial charge on any atom is 0.281 e. The maximum absolute atomic E-state index is 13.6. The molecule has 1 unspecified atom stereocenters. The standard InChI is InChI=1S/C15H22FN3O3S/c1-18(2)23(21,22)19-9-4-7-15(8-10-19,14(17)20)12-5-3-6-13(16)11-12/h3,5-6,11H,4,7-10H2,1-2H3,(H2,17,20). The molecule has 23 heavy (non-hydrogen) atoms. The quantitative estimate of drug-likeness (QED) is 0.879. The van der Waals surface area contributed by atoms with Crippen LogP contribution in [0.5, 0.6) is 0 Å². The molecule has 1 heterocycles. The molecule has 0 aromatic heterocycles. The van der Waals surface area contributed by atoms with Crippen molar-refractivity contribution >= 4 is 16.1 Å². The van der Waals surface area contributed by atoms with Crippen LogP contribution in [0.15, 0.2) is 24.3 Å². The van der Waals surface area contributed by atoms with Crippen LogP contribution in [0.1, 0.15) is 24.8 Å². The van der Waals surface area contributed by atoms with Crippen LogP contribution in [-0.4, -0.2) is 50.1 Å². The van der Waals surface area contributed by atoms with Crippen LogP contribution in [0.25, 0.3) is 0 Å². The predicted molar refractivity (Wildman–Crippen MR) is 85.3 cm³/mol. The number of nitrogens with two attached hydrogens (primary N) is 1. The SMILES string of the molecule is CN(C)S(=O)(=O)N1CCCC(C(N)=O)(c2cccc(F)c2)CC1. The second kappa shape index (κ2) is 6.54. The number of hydrogen-bond acceptors (Lipinski definition) is 3. The van der Waals surface area contributed by atoms with Crippen LogP contribution >= 0.6 is 0 Å². The van der Waals surface area contributed by atoms with Gasteiger partial charge in [-0.25, -0.2) is 4.39 Å². The van der Waals surface area contributed by atoms with Crippen molar-refractivity contribution < 1.29 is 17.6 Å². The van der Waals surface area contributed by atoms with Crippen molar-refractivity contribution in [2.75, 3.05) is 27.2 Å². The summed E-state index contributed by atoms with van der Waals surface area (Å²) in [5.41, 5.74) is 5.09. The van der Waals surface area contributed by atoms with E-state index in [4.69, 9.17) is 5.73 Å². The highest BCUT2D eigenvalue weighted by Crippen LogP contribution is 2.36. The zero-order valence-electron chi connectivity index (χ0n) is 13.3. The molecule has 2 rings (SSSR count). The normalized spacial score (nSPS) is 23.7. The third kappa shape index (κ3) is 3.39. The number of rotatable bonds is 4. The largest absolute Gasteiger partial charge is 0.369 e. The molecule has 0 saturated carbocycles. The zero-order valence-corrected chi connectivity index (χ0v) is 14.1. The highest BCUT2D eigenvalue weighted by molar-refractivity contribution is 7.86. The molecule has 2 N–H and O–H groups in total. The number of benzene rings is 1. The fourth-order valence-corrected chi connectivity index (χ4v) is 4.18. The molecule has 1 aromatic rings. The Kier molecular flexibility index (Phi) is 5.07. The predicted octanol–water partition coefficient (Wildman–Crippen LogP) is 0.841. The van der Waals surface area contributed by atoms with Crippen molar-refractivity contribution in [3.05, 3.63) is 35.6 Å². The number of amides is 1. The monoisotopic (exact) mass is 343 g/mol. The van der Waals surface area contributed by atoms with Crippen LogP contribution in [0.4, 0.5) is 4.39 Å². The summed E-state index contributed by atoms with van der Waals surface area (Å²) in [4.78, 5) is 12.2. The van der Waals surface area contributed by atoms with E-state index in [-0.39, 0.29) is 13.0 Å². The lowest BCUT2D eigenvalue weighted by Gasteiger charge is -2.30. The Morgan fingerprint density at radius 1 is 1.30 bits per heavy atom.